The first-order valence-electron chi connectivity index (χ1n) is 9.35. The predicted molar refractivity (Wildman–Crippen MR) is 114 cm³/mol. The van der Waals surface area contributed by atoms with Gasteiger partial charge in [0, 0.05) is 18.4 Å². The van der Waals surface area contributed by atoms with E-state index in [1.165, 1.54) is 18.3 Å². The van der Waals surface area contributed by atoms with Gasteiger partial charge < -0.3 is 10.2 Å². The van der Waals surface area contributed by atoms with E-state index in [1.54, 1.807) is 23.3 Å². The lowest BCUT2D eigenvalue weighted by Crippen LogP contribution is -2.64. The maximum atomic E-state index is 13.7. The maximum absolute atomic E-state index is 13.7. The third kappa shape index (κ3) is 3.80. The van der Waals surface area contributed by atoms with Gasteiger partial charge >= 0.3 is 0 Å². The van der Waals surface area contributed by atoms with Gasteiger partial charge in [-0.25, -0.2) is 9.37 Å². The Morgan fingerprint density at radius 1 is 1.38 bits per heavy atom. The van der Waals surface area contributed by atoms with Gasteiger partial charge in [-0.05, 0) is 68.7 Å². The summed E-state index contributed by atoms with van der Waals surface area (Å²) in [5, 5.41) is 5.10. The Bertz CT molecular complexity index is 975. The standard InChI is InChI=1S/C20H20ClFN4O2S/c1-20-8-2-3-10-25(20)19(29)26(28-12-20)16-7-6-13(11-14(16)21)24-18(27)17-15(22)5-4-9-23-17/h4-7,9,11H,2-3,8,10,12H2,1H3,(H,24,27). The average molecular weight is 435 g/mol. The van der Waals surface area contributed by atoms with E-state index in [0.29, 0.717) is 28.1 Å². The molecule has 6 nitrogen and oxygen atoms in total. The van der Waals surface area contributed by atoms with E-state index >= 15 is 0 Å². The molecular formula is C20H20ClFN4O2S. The van der Waals surface area contributed by atoms with Gasteiger partial charge in [-0.3, -0.25) is 9.63 Å². The number of benzene rings is 1. The molecule has 2 aromatic rings. The average Bonchev–Trinajstić information content (AvgIpc) is 2.69. The van der Waals surface area contributed by atoms with Crippen molar-refractivity contribution in [2.24, 2.45) is 0 Å². The smallest absolute Gasteiger partial charge is 0.277 e. The zero-order chi connectivity index (χ0) is 20.6. The van der Waals surface area contributed by atoms with E-state index in [-0.39, 0.29) is 11.2 Å². The second-order valence-electron chi connectivity index (χ2n) is 7.41. The minimum absolute atomic E-state index is 0.0982. The number of rotatable bonds is 3. The Kier molecular flexibility index (Phi) is 5.42. The molecule has 1 atom stereocenters. The minimum atomic E-state index is -0.690. The monoisotopic (exact) mass is 434 g/mol. The molecule has 29 heavy (non-hydrogen) atoms. The van der Waals surface area contributed by atoms with Gasteiger partial charge in [-0.15, -0.1) is 0 Å². The molecule has 2 fully saturated rings. The van der Waals surface area contributed by atoms with Crippen LogP contribution in [-0.4, -0.2) is 39.6 Å². The summed E-state index contributed by atoms with van der Waals surface area (Å²) in [6.07, 6.45) is 4.64. The maximum Gasteiger partial charge on any atom is 0.277 e. The molecule has 4 rings (SSSR count). The number of nitrogens with one attached hydrogen (secondary N) is 1. The van der Waals surface area contributed by atoms with Crippen LogP contribution < -0.4 is 10.4 Å². The fourth-order valence-electron chi connectivity index (χ4n) is 3.69. The highest BCUT2D eigenvalue weighted by atomic mass is 35.5. The van der Waals surface area contributed by atoms with Gasteiger partial charge in [-0.1, -0.05) is 11.6 Å². The lowest BCUT2D eigenvalue weighted by molar-refractivity contribution is -0.0178. The molecular weight excluding hydrogens is 415 g/mol. The first-order chi connectivity index (χ1) is 13.9. The van der Waals surface area contributed by atoms with Crippen LogP contribution in [0.25, 0.3) is 0 Å². The summed E-state index contributed by atoms with van der Waals surface area (Å²) in [4.78, 5) is 24.2. The number of fused-ring (bicyclic) bond motifs is 1. The van der Waals surface area contributed by atoms with E-state index < -0.39 is 11.7 Å². The molecule has 1 aromatic heterocycles. The van der Waals surface area contributed by atoms with Crippen LogP contribution in [-0.2, 0) is 4.84 Å². The van der Waals surface area contributed by atoms with Gasteiger partial charge in [0.15, 0.2) is 11.5 Å². The number of halogens is 2. The highest BCUT2D eigenvalue weighted by Gasteiger charge is 2.43. The number of hydrogen-bond acceptors (Lipinski definition) is 4. The number of aromatic nitrogens is 1. The van der Waals surface area contributed by atoms with Crippen LogP contribution in [0.3, 0.4) is 0 Å². The van der Waals surface area contributed by atoms with Crippen molar-refractivity contribution in [2.45, 2.75) is 31.7 Å². The number of thiocarbonyl (C=S) groups is 1. The van der Waals surface area contributed by atoms with Crippen LogP contribution in [0.1, 0.15) is 36.7 Å². The number of nitrogens with zero attached hydrogens (tertiary/aromatic N) is 3. The van der Waals surface area contributed by atoms with Crippen molar-refractivity contribution < 1.29 is 14.0 Å². The van der Waals surface area contributed by atoms with E-state index in [4.69, 9.17) is 28.7 Å². The summed E-state index contributed by atoms with van der Waals surface area (Å²) in [6, 6.07) is 7.56. The molecule has 0 radical (unpaired) electrons. The third-order valence-corrected chi connectivity index (χ3v) is 5.99. The summed E-state index contributed by atoms with van der Waals surface area (Å²) in [5.41, 5.74) is 0.627. The molecule has 2 saturated heterocycles. The highest BCUT2D eigenvalue weighted by Crippen LogP contribution is 2.37. The Hall–Kier alpha value is -2.29. The van der Waals surface area contributed by atoms with Crippen molar-refractivity contribution >= 4 is 46.2 Å². The molecule has 0 spiro atoms. The van der Waals surface area contributed by atoms with E-state index in [9.17, 15) is 9.18 Å². The Labute approximate surface area is 178 Å². The zero-order valence-electron chi connectivity index (χ0n) is 15.8. The highest BCUT2D eigenvalue weighted by molar-refractivity contribution is 7.80. The van der Waals surface area contributed by atoms with Crippen molar-refractivity contribution in [3.05, 3.63) is 53.1 Å². The van der Waals surface area contributed by atoms with Gasteiger partial charge in [0.1, 0.15) is 0 Å². The SMILES string of the molecule is CC12CCCCN1C(=S)N(c1ccc(NC(=O)c3ncccc3F)cc1Cl)OC2. The van der Waals surface area contributed by atoms with Crippen molar-refractivity contribution in [2.75, 3.05) is 23.5 Å². The molecule has 1 amide bonds. The van der Waals surface area contributed by atoms with Gasteiger partial charge in [0.05, 0.1) is 22.9 Å². The molecule has 0 aliphatic carbocycles. The Morgan fingerprint density at radius 3 is 2.97 bits per heavy atom. The van der Waals surface area contributed by atoms with Crippen LogP contribution in [0, 0.1) is 5.82 Å². The molecule has 1 N–H and O–H groups in total. The van der Waals surface area contributed by atoms with Crippen LogP contribution in [0.4, 0.5) is 15.8 Å². The molecule has 3 heterocycles. The lowest BCUT2D eigenvalue weighted by Gasteiger charge is -2.52. The summed E-state index contributed by atoms with van der Waals surface area (Å²) in [6.45, 7) is 3.56. The molecule has 2 aliphatic rings. The second kappa shape index (κ2) is 7.85. The second-order valence-corrected chi connectivity index (χ2v) is 8.18. The summed E-state index contributed by atoms with van der Waals surface area (Å²) >= 11 is 12.1. The molecule has 0 saturated carbocycles. The van der Waals surface area contributed by atoms with Crippen LogP contribution in [0.15, 0.2) is 36.5 Å². The number of anilines is 2. The van der Waals surface area contributed by atoms with Gasteiger partial charge in [0.2, 0.25) is 5.11 Å². The number of amides is 1. The quantitative estimate of drug-likeness (QED) is 0.722. The lowest BCUT2D eigenvalue weighted by atomic mass is 9.89. The van der Waals surface area contributed by atoms with Crippen molar-refractivity contribution in [1.82, 2.24) is 9.88 Å². The van der Waals surface area contributed by atoms with Crippen LogP contribution in [0.5, 0.6) is 0 Å². The molecule has 0 bridgehead atoms. The molecule has 2 aliphatic heterocycles. The number of carbonyl (C=O) groups excluding carboxylic acids is 1. The number of pyridine rings is 1. The summed E-state index contributed by atoms with van der Waals surface area (Å²) in [5.74, 6) is -1.34. The van der Waals surface area contributed by atoms with Crippen molar-refractivity contribution in [3.8, 4) is 0 Å². The van der Waals surface area contributed by atoms with Crippen molar-refractivity contribution in [3.63, 3.8) is 0 Å². The van der Waals surface area contributed by atoms with E-state index in [2.05, 4.69) is 22.1 Å². The van der Waals surface area contributed by atoms with Crippen LogP contribution >= 0.6 is 23.8 Å². The normalized spacial score (nSPS) is 21.7. The van der Waals surface area contributed by atoms with E-state index in [1.807, 2.05) is 0 Å². The van der Waals surface area contributed by atoms with E-state index in [0.717, 1.165) is 25.8 Å². The first kappa shape index (κ1) is 20.0. The molecule has 1 unspecified atom stereocenters. The number of hydrogen-bond donors (Lipinski definition) is 1. The number of hydroxylamine groups is 1. The summed E-state index contributed by atoms with van der Waals surface area (Å²) < 4.78 is 13.7. The zero-order valence-corrected chi connectivity index (χ0v) is 17.4. The summed E-state index contributed by atoms with van der Waals surface area (Å²) in [7, 11) is 0. The van der Waals surface area contributed by atoms with Gasteiger partial charge in [0.25, 0.3) is 5.91 Å². The van der Waals surface area contributed by atoms with Crippen molar-refractivity contribution in [1.29, 1.82) is 0 Å². The van der Waals surface area contributed by atoms with Gasteiger partial charge in [-0.2, -0.15) is 5.06 Å². The van der Waals surface area contributed by atoms with Crippen LogP contribution in [0.2, 0.25) is 5.02 Å². The largest absolute Gasteiger partial charge is 0.339 e. The number of carbonyl (C=O) groups is 1. The minimum Gasteiger partial charge on any atom is -0.339 e. The fourth-order valence-corrected chi connectivity index (χ4v) is 4.41. The first-order valence-corrected chi connectivity index (χ1v) is 10.1. The topological polar surface area (TPSA) is 57.7 Å². The molecule has 1 aromatic carbocycles. The predicted octanol–water partition coefficient (Wildman–Crippen LogP) is 4.41. The number of piperidine rings is 1. The third-order valence-electron chi connectivity index (χ3n) is 5.31. The molecule has 152 valence electrons. The Balaban J connectivity index is 1.53. The Morgan fingerprint density at radius 2 is 2.21 bits per heavy atom. The molecule has 9 heteroatoms. The fraction of sp³-hybridized carbons (Fsp3) is 0.350.